The van der Waals surface area contributed by atoms with Crippen LogP contribution in [0.3, 0.4) is 0 Å². The van der Waals surface area contributed by atoms with Crippen LogP contribution in [0, 0.1) is 13.8 Å². The van der Waals surface area contributed by atoms with Gasteiger partial charge < -0.3 is 4.90 Å². The number of hydrogen-bond acceptors (Lipinski definition) is 5. The fourth-order valence-corrected chi connectivity index (χ4v) is 4.82. The number of anilines is 1. The zero-order valence-electron chi connectivity index (χ0n) is 14.0. The van der Waals surface area contributed by atoms with Gasteiger partial charge in [-0.1, -0.05) is 17.4 Å². The van der Waals surface area contributed by atoms with Gasteiger partial charge in [-0.2, -0.15) is 0 Å². The molecule has 0 aliphatic carbocycles. The van der Waals surface area contributed by atoms with Gasteiger partial charge >= 0.3 is 0 Å². The molecule has 0 saturated carbocycles. The van der Waals surface area contributed by atoms with Crippen molar-refractivity contribution in [2.45, 2.75) is 32.7 Å². The molecule has 126 valence electrons. The number of likely N-dealkylation sites (N-methyl/N-ethyl adjacent to an activating group) is 1. The van der Waals surface area contributed by atoms with Crippen LogP contribution in [0.4, 0.5) is 5.13 Å². The first-order valence-electron chi connectivity index (χ1n) is 7.82. The molecule has 1 fully saturated rings. The average Bonchev–Trinajstić information content (AvgIpc) is 2.94. The van der Waals surface area contributed by atoms with Crippen LogP contribution in [0.2, 0.25) is 0 Å². The molecule has 1 aromatic heterocycles. The molecule has 7 heteroatoms. The Kier molecular flexibility index (Phi) is 4.37. The molecule has 3 rings (SSSR count). The Labute approximate surface area is 142 Å². The van der Waals surface area contributed by atoms with Crippen molar-refractivity contribution in [3.63, 3.8) is 0 Å². The van der Waals surface area contributed by atoms with E-state index in [4.69, 9.17) is 4.98 Å². The highest BCUT2D eigenvalue weighted by atomic mass is 32.2. The van der Waals surface area contributed by atoms with Crippen LogP contribution in [-0.4, -0.2) is 50.1 Å². The number of aromatic nitrogens is 1. The second-order valence-electron chi connectivity index (χ2n) is 6.37. The fourth-order valence-electron chi connectivity index (χ4n) is 3.05. The second-order valence-corrected chi connectivity index (χ2v) is 9.42. The van der Waals surface area contributed by atoms with Crippen LogP contribution in [0.1, 0.15) is 24.0 Å². The largest absolute Gasteiger partial charge is 0.346 e. The van der Waals surface area contributed by atoms with E-state index in [1.807, 2.05) is 0 Å². The first-order valence-corrected chi connectivity index (χ1v) is 10.5. The van der Waals surface area contributed by atoms with E-state index in [2.05, 4.69) is 30.9 Å². The van der Waals surface area contributed by atoms with Crippen molar-refractivity contribution in [2.75, 3.05) is 31.3 Å². The van der Waals surface area contributed by atoms with Crippen LogP contribution in [-0.2, 0) is 10.0 Å². The highest BCUT2D eigenvalue weighted by Crippen LogP contribution is 2.33. The molecule has 2 aromatic rings. The number of hydrogen-bond donors (Lipinski definition) is 0. The van der Waals surface area contributed by atoms with E-state index in [1.165, 1.54) is 26.4 Å². The lowest BCUT2D eigenvalue weighted by Crippen LogP contribution is -2.48. The average molecular weight is 354 g/mol. The van der Waals surface area contributed by atoms with Gasteiger partial charge in [0.15, 0.2) is 5.13 Å². The molecular weight excluding hydrogens is 330 g/mol. The molecule has 1 aromatic carbocycles. The van der Waals surface area contributed by atoms with E-state index in [9.17, 15) is 8.42 Å². The summed E-state index contributed by atoms with van der Waals surface area (Å²) in [5.74, 6) is 0. The van der Waals surface area contributed by atoms with Gasteiger partial charge in [0, 0.05) is 26.2 Å². The molecule has 0 bridgehead atoms. The Morgan fingerprint density at radius 3 is 2.78 bits per heavy atom. The zero-order valence-corrected chi connectivity index (χ0v) is 15.7. The maximum absolute atomic E-state index is 11.8. The summed E-state index contributed by atoms with van der Waals surface area (Å²) in [5, 5.41) is 1.00. The lowest BCUT2D eigenvalue weighted by molar-refractivity contribution is 0.322. The van der Waals surface area contributed by atoms with Gasteiger partial charge in [-0.05, 0) is 43.9 Å². The van der Waals surface area contributed by atoms with E-state index >= 15 is 0 Å². The van der Waals surface area contributed by atoms with Crippen molar-refractivity contribution in [3.8, 4) is 0 Å². The number of nitrogens with zero attached hydrogens (tertiary/aromatic N) is 3. The summed E-state index contributed by atoms with van der Waals surface area (Å²) in [7, 11) is -1.48. The Morgan fingerprint density at radius 2 is 2.09 bits per heavy atom. The number of thiazole rings is 1. The van der Waals surface area contributed by atoms with E-state index in [1.54, 1.807) is 18.4 Å². The van der Waals surface area contributed by atoms with Gasteiger partial charge in [-0.15, -0.1) is 0 Å². The lowest BCUT2D eigenvalue weighted by Gasteiger charge is -2.36. The predicted octanol–water partition coefficient (Wildman–Crippen LogP) is 2.77. The summed E-state index contributed by atoms with van der Waals surface area (Å²) in [6, 6.07) is 4.28. The minimum absolute atomic E-state index is 0.0218. The van der Waals surface area contributed by atoms with Crippen molar-refractivity contribution in [1.29, 1.82) is 0 Å². The van der Waals surface area contributed by atoms with Crippen LogP contribution < -0.4 is 4.90 Å². The highest BCUT2D eigenvalue weighted by molar-refractivity contribution is 7.88. The second kappa shape index (κ2) is 6.03. The van der Waals surface area contributed by atoms with Gasteiger partial charge in [-0.3, -0.25) is 0 Å². The number of sulfonamides is 1. The van der Waals surface area contributed by atoms with Crippen molar-refractivity contribution < 1.29 is 8.42 Å². The van der Waals surface area contributed by atoms with Gasteiger partial charge in [0.2, 0.25) is 10.0 Å². The minimum Gasteiger partial charge on any atom is -0.346 e. The molecule has 1 atom stereocenters. The first-order chi connectivity index (χ1) is 10.8. The van der Waals surface area contributed by atoms with Crippen molar-refractivity contribution in [3.05, 3.63) is 23.3 Å². The molecule has 1 aliphatic heterocycles. The zero-order chi connectivity index (χ0) is 16.8. The van der Waals surface area contributed by atoms with E-state index < -0.39 is 10.0 Å². The topological polar surface area (TPSA) is 53.5 Å². The molecule has 0 amide bonds. The van der Waals surface area contributed by atoms with Crippen LogP contribution in [0.15, 0.2) is 12.1 Å². The molecule has 2 heterocycles. The normalized spacial score (nSPS) is 19.7. The third kappa shape index (κ3) is 3.22. The first kappa shape index (κ1) is 16.7. The Balaban J connectivity index is 1.88. The van der Waals surface area contributed by atoms with E-state index in [0.29, 0.717) is 6.54 Å². The highest BCUT2D eigenvalue weighted by Gasteiger charge is 2.29. The number of aryl methyl sites for hydroxylation is 2. The van der Waals surface area contributed by atoms with Crippen molar-refractivity contribution in [2.24, 2.45) is 0 Å². The molecule has 0 N–H and O–H groups in total. The number of fused-ring (bicyclic) bond motifs is 1. The predicted molar refractivity (Wildman–Crippen MR) is 96.9 cm³/mol. The Morgan fingerprint density at radius 1 is 1.35 bits per heavy atom. The lowest BCUT2D eigenvalue weighted by atomic mass is 10.1. The maximum atomic E-state index is 11.8. The van der Waals surface area contributed by atoms with Gasteiger partial charge in [-0.25, -0.2) is 17.7 Å². The summed E-state index contributed by atoms with van der Waals surface area (Å²) >= 11 is 1.69. The summed E-state index contributed by atoms with van der Waals surface area (Å²) in [6.07, 6.45) is 3.16. The Hall–Kier alpha value is -1.18. The van der Waals surface area contributed by atoms with Crippen molar-refractivity contribution >= 4 is 36.7 Å². The number of rotatable bonds is 3. The summed E-state index contributed by atoms with van der Waals surface area (Å²) in [6.45, 7) is 5.86. The molecule has 23 heavy (non-hydrogen) atoms. The quantitative estimate of drug-likeness (QED) is 0.851. The SMILES string of the molecule is Cc1ccc2sc(N3CCCC(N(C)S(C)(=O)=O)C3)nc2c1C. The molecule has 1 aliphatic rings. The molecular formula is C16H23N3O2S2. The van der Waals surface area contributed by atoms with Crippen LogP contribution in [0.5, 0.6) is 0 Å². The third-order valence-corrected chi connectivity index (χ3v) is 7.20. The molecule has 1 unspecified atom stereocenters. The number of piperidine rings is 1. The monoisotopic (exact) mass is 353 g/mol. The van der Waals surface area contributed by atoms with Crippen LogP contribution in [0.25, 0.3) is 10.2 Å². The molecule has 1 saturated heterocycles. The third-order valence-electron chi connectivity index (χ3n) is 4.78. The molecule has 0 radical (unpaired) electrons. The summed E-state index contributed by atoms with van der Waals surface area (Å²) < 4.78 is 26.3. The van der Waals surface area contributed by atoms with E-state index in [0.717, 1.165) is 30.0 Å². The fraction of sp³-hybridized carbons (Fsp3) is 0.562. The Bertz CT molecular complexity index is 829. The maximum Gasteiger partial charge on any atom is 0.211 e. The van der Waals surface area contributed by atoms with E-state index in [-0.39, 0.29) is 6.04 Å². The molecule has 5 nitrogen and oxygen atoms in total. The van der Waals surface area contributed by atoms with Gasteiger partial charge in [0.05, 0.1) is 16.5 Å². The van der Waals surface area contributed by atoms with Gasteiger partial charge in [0.1, 0.15) is 0 Å². The summed E-state index contributed by atoms with van der Waals surface area (Å²) in [5.41, 5.74) is 3.55. The molecule has 0 spiro atoms. The standard InChI is InChI=1S/C16H23N3O2S2/c1-11-7-8-14-15(12(11)2)17-16(22-14)19-9-5-6-13(10-19)18(3)23(4,20)21/h7-8,13H,5-6,9-10H2,1-4H3. The smallest absolute Gasteiger partial charge is 0.211 e. The van der Waals surface area contributed by atoms with Gasteiger partial charge in [0.25, 0.3) is 0 Å². The van der Waals surface area contributed by atoms with Crippen LogP contribution >= 0.6 is 11.3 Å². The van der Waals surface area contributed by atoms with Crippen molar-refractivity contribution in [1.82, 2.24) is 9.29 Å². The number of benzene rings is 1. The minimum atomic E-state index is -3.16. The summed E-state index contributed by atoms with van der Waals surface area (Å²) in [4.78, 5) is 7.06.